The van der Waals surface area contributed by atoms with Crippen molar-refractivity contribution in [2.75, 3.05) is 0 Å². The Morgan fingerprint density at radius 3 is 0.733 bits per heavy atom. The zero-order valence-electron chi connectivity index (χ0n) is 16.4. The van der Waals surface area contributed by atoms with Crippen LogP contribution >= 0.6 is 25.3 Å². The highest BCUT2D eigenvalue weighted by atomic mass is 32.1. The maximum Gasteiger partial charge on any atom is 0.0265 e. The monoisotopic (exact) mass is 422 g/mol. The minimum absolute atomic E-state index is 0.846. The molecule has 0 amide bonds. The van der Waals surface area contributed by atoms with Crippen LogP contribution in [0.2, 0.25) is 0 Å². The Balaban J connectivity index is 2.01. The molecule has 0 aliphatic carbocycles. The SMILES string of the molecule is SC(C(S)=C(c1ccccc1)c1ccccc1)=C(c1ccccc1)c1ccccc1. The molecule has 0 aromatic heterocycles. The van der Waals surface area contributed by atoms with E-state index in [1.807, 2.05) is 24.3 Å². The minimum Gasteiger partial charge on any atom is -0.142 e. The summed E-state index contributed by atoms with van der Waals surface area (Å²) in [6.07, 6.45) is 0. The Hall–Kier alpha value is -2.94. The molecule has 4 aromatic carbocycles. The molecule has 0 aliphatic heterocycles. The molecule has 146 valence electrons. The third-order valence-corrected chi connectivity index (χ3v) is 6.02. The Morgan fingerprint density at radius 2 is 0.533 bits per heavy atom. The second-order valence-corrected chi connectivity index (χ2v) is 7.81. The van der Waals surface area contributed by atoms with Gasteiger partial charge in [-0.3, -0.25) is 0 Å². The van der Waals surface area contributed by atoms with Gasteiger partial charge in [-0.2, -0.15) is 0 Å². The Morgan fingerprint density at radius 1 is 0.333 bits per heavy atom. The molecule has 0 spiro atoms. The second-order valence-electron chi connectivity index (χ2n) is 6.91. The van der Waals surface area contributed by atoms with Crippen LogP contribution in [0.3, 0.4) is 0 Å². The van der Waals surface area contributed by atoms with Gasteiger partial charge in [0.1, 0.15) is 0 Å². The first-order valence-electron chi connectivity index (χ1n) is 9.84. The fourth-order valence-corrected chi connectivity index (χ4v) is 4.28. The lowest BCUT2D eigenvalue weighted by Crippen LogP contribution is -1.96. The fraction of sp³-hybridized carbons (Fsp3) is 0. The molecule has 0 fully saturated rings. The quantitative estimate of drug-likeness (QED) is 0.238. The van der Waals surface area contributed by atoms with Crippen molar-refractivity contribution in [1.82, 2.24) is 0 Å². The molecule has 0 atom stereocenters. The summed E-state index contributed by atoms with van der Waals surface area (Å²) in [5, 5.41) is 0. The van der Waals surface area contributed by atoms with Gasteiger partial charge in [0.2, 0.25) is 0 Å². The highest BCUT2D eigenvalue weighted by Gasteiger charge is 2.16. The van der Waals surface area contributed by atoms with Gasteiger partial charge in [0.05, 0.1) is 0 Å². The maximum absolute atomic E-state index is 5.03. The molecule has 0 saturated carbocycles. The molecule has 2 heteroatoms. The number of hydrogen-bond acceptors (Lipinski definition) is 2. The van der Waals surface area contributed by atoms with Crippen molar-refractivity contribution in [1.29, 1.82) is 0 Å². The Labute approximate surface area is 189 Å². The van der Waals surface area contributed by atoms with E-state index in [-0.39, 0.29) is 0 Å². The summed E-state index contributed by atoms with van der Waals surface area (Å²) in [6.45, 7) is 0. The van der Waals surface area contributed by atoms with Gasteiger partial charge < -0.3 is 0 Å². The molecule has 0 heterocycles. The third-order valence-electron chi connectivity index (χ3n) is 4.95. The number of thiol groups is 2. The molecule has 0 aliphatic rings. The molecular formula is C28H22S2. The van der Waals surface area contributed by atoms with Gasteiger partial charge in [0.25, 0.3) is 0 Å². The highest BCUT2D eigenvalue weighted by Crippen LogP contribution is 2.39. The predicted molar refractivity (Wildman–Crippen MR) is 136 cm³/mol. The normalized spacial score (nSPS) is 10.3. The van der Waals surface area contributed by atoms with E-state index in [0.29, 0.717) is 0 Å². The first kappa shape index (κ1) is 20.3. The minimum atomic E-state index is 0.846. The van der Waals surface area contributed by atoms with E-state index in [0.717, 1.165) is 43.2 Å². The average Bonchev–Trinajstić information content (AvgIpc) is 2.82. The molecular weight excluding hydrogens is 400 g/mol. The number of rotatable bonds is 5. The Bertz CT molecular complexity index is 981. The van der Waals surface area contributed by atoms with Gasteiger partial charge in [-0.25, -0.2) is 0 Å². The predicted octanol–water partition coefficient (Wildman–Crippen LogP) is 7.77. The van der Waals surface area contributed by atoms with Crippen LogP contribution < -0.4 is 0 Å². The number of hydrogen-bond donors (Lipinski definition) is 2. The average molecular weight is 423 g/mol. The van der Waals surface area contributed by atoms with E-state index in [1.165, 1.54) is 0 Å². The maximum atomic E-state index is 5.03. The van der Waals surface area contributed by atoms with Crippen molar-refractivity contribution in [3.8, 4) is 0 Å². The van der Waals surface area contributed by atoms with Crippen molar-refractivity contribution in [2.45, 2.75) is 0 Å². The molecule has 0 saturated heterocycles. The smallest absolute Gasteiger partial charge is 0.0265 e. The lowest BCUT2D eigenvalue weighted by atomic mass is 9.93. The van der Waals surface area contributed by atoms with Gasteiger partial charge >= 0.3 is 0 Å². The van der Waals surface area contributed by atoms with Gasteiger partial charge in [-0.15, -0.1) is 25.3 Å². The van der Waals surface area contributed by atoms with Crippen LogP contribution in [0.25, 0.3) is 11.1 Å². The van der Waals surface area contributed by atoms with Crippen LogP contribution in [-0.2, 0) is 0 Å². The zero-order chi connectivity index (χ0) is 20.8. The zero-order valence-corrected chi connectivity index (χ0v) is 18.2. The Kier molecular flexibility index (Phi) is 6.58. The van der Waals surface area contributed by atoms with Crippen LogP contribution in [0.15, 0.2) is 131 Å². The summed E-state index contributed by atoms with van der Waals surface area (Å²) >= 11 is 10.1. The van der Waals surface area contributed by atoms with Crippen molar-refractivity contribution in [3.05, 3.63) is 153 Å². The molecule has 0 bridgehead atoms. The lowest BCUT2D eigenvalue weighted by Gasteiger charge is -2.17. The number of benzene rings is 4. The van der Waals surface area contributed by atoms with E-state index < -0.39 is 0 Å². The van der Waals surface area contributed by atoms with Gasteiger partial charge in [-0.1, -0.05) is 121 Å². The first-order chi connectivity index (χ1) is 14.8. The van der Waals surface area contributed by atoms with E-state index in [1.54, 1.807) is 0 Å². The van der Waals surface area contributed by atoms with Crippen molar-refractivity contribution >= 4 is 36.4 Å². The molecule has 30 heavy (non-hydrogen) atoms. The van der Waals surface area contributed by atoms with Crippen molar-refractivity contribution in [3.63, 3.8) is 0 Å². The summed E-state index contributed by atoms with van der Waals surface area (Å²) in [5.41, 5.74) is 6.57. The van der Waals surface area contributed by atoms with Crippen LogP contribution in [-0.4, -0.2) is 0 Å². The summed E-state index contributed by atoms with van der Waals surface area (Å²) in [7, 11) is 0. The van der Waals surface area contributed by atoms with Crippen molar-refractivity contribution < 1.29 is 0 Å². The van der Waals surface area contributed by atoms with Gasteiger partial charge in [-0.05, 0) is 22.3 Å². The van der Waals surface area contributed by atoms with Crippen LogP contribution in [0.4, 0.5) is 0 Å². The third kappa shape index (κ3) is 4.46. The summed E-state index contributed by atoms with van der Waals surface area (Å²) < 4.78 is 0. The summed E-state index contributed by atoms with van der Waals surface area (Å²) in [6, 6.07) is 41.5. The molecule has 4 aromatic rings. The highest BCUT2D eigenvalue weighted by molar-refractivity contribution is 7.90. The molecule has 0 radical (unpaired) electrons. The van der Waals surface area contributed by atoms with Crippen LogP contribution in [0, 0.1) is 0 Å². The van der Waals surface area contributed by atoms with E-state index in [9.17, 15) is 0 Å². The fourth-order valence-electron chi connectivity index (χ4n) is 3.54. The summed E-state index contributed by atoms with van der Waals surface area (Å²) in [5.74, 6) is 0. The van der Waals surface area contributed by atoms with E-state index in [2.05, 4.69) is 97.1 Å². The van der Waals surface area contributed by atoms with Gasteiger partial charge in [0, 0.05) is 21.0 Å². The van der Waals surface area contributed by atoms with E-state index >= 15 is 0 Å². The van der Waals surface area contributed by atoms with Crippen LogP contribution in [0.5, 0.6) is 0 Å². The molecule has 4 rings (SSSR count). The van der Waals surface area contributed by atoms with Crippen molar-refractivity contribution in [2.24, 2.45) is 0 Å². The molecule has 0 N–H and O–H groups in total. The lowest BCUT2D eigenvalue weighted by molar-refractivity contribution is 1.52. The van der Waals surface area contributed by atoms with Crippen LogP contribution in [0.1, 0.15) is 22.3 Å². The largest absolute Gasteiger partial charge is 0.142 e. The van der Waals surface area contributed by atoms with Gasteiger partial charge in [0.15, 0.2) is 0 Å². The van der Waals surface area contributed by atoms with E-state index in [4.69, 9.17) is 25.3 Å². The standard InChI is InChI=1S/C28H22S2/c29-27(25(21-13-5-1-6-14-21)22-15-7-2-8-16-22)28(30)26(23-17-9-3-10-18-23)24-19-11-4-12-20-24/h1-20,29-30H. The topological polar surface area (TPSA) is 0 Å². The second kappa shape index (κ2) is 9.71. The summed E-state index contributed by atoms with van der Waals surface area (Å²) in [4.78, 5) is 1.69. The molecule has 0 unspecified atom stereocenters. The molecule has 0 nitrogen and oxygen atoms in total. The first-order valence-corrected chi connectivity index (χ1v) is 10.7.